The van der Waals surface area contributed by atoms with Crippen molar-refractivity contribution in [3.05, 3.63) is 63.8 Å². The molecule has 3 rings (SSSR count). The Balaban J connectivity index is 2.04. The quantitative estimate of drug-likeness (QED) is 0.368. The highest BCUT2D eigenvalue weighted by molar-refractivity contribution is 6.36. The fraction of sp³-hybridized carbons (Fsp3) is 0.238. The van der Waals surface area contributed by atoms with Crippen molar-refractivity contribution in [3.8, 4) is 11.5 Å². The molecule has 0 unspecified atom stereocenters. The van der Waals surface area contributed by atoms with Gasteiger partial charge in [0.05, 0.1) is 37.9 Å². The van der Waals surface area contributed by atoms with E-state index in [9.17, 15) is 19.7 Å². The zero-order chi connectivity index (χ0) is 22.5. The first kappa shape index (κ1) is 21.8. The summed E-state index contributed by atoms with van der Waals surface area (Å²) in [6, 6.07) is 10.4. The van der Waals surface area contributed by atoms with E-state index in [-0.39, 0.29) is 30.1 Å². The topological polar surface area (TPSA) is 120 Å². The summed E-state index contributed by atoms with van der Waals surface area (Å²) in [5.41, 5.74) is 0.938. The number of rotatable bonds is 9. The molecule has 0 aliphatic carbocycles. The van der Waals surface area contributed by atoms with Crippen LogP contribution in [0.5, 0.6) is 11.5 Å². The molecule has 31 heavy (non-hydrogen) atoms. The lowest BCUT2D eigenvalue weighted by Gasteiger charge is -2.15. The maximum absolute atomic E-state index is 13.0. The Kier molecular flexibility index (Phi) is 6.51. The molecule has 162 valence electrons. The first-order valence-electron chi connectivity index (χ1n) is 9.24. The molecule has 0 radical (unpaired) electrons. The van der Waals surface area contributed by atoms with Crippen LogP contribution >= 0.6 is 0 Å². The third-order valence-corrected chi connectivity index (χ3v) is 4.71. The fourth-order valence-corrected chi connectivity index (χ4v) is 3.15. The van der Waals surface area contributed by atoms with Gasteiger partial charge in [0.25, 0.3) is 17.5 Å². The van der Waals surface area contributed by atoms with Gasteiger partial charge in [-0.25, -0.2) is 0 Å². The smallest absolute Gasteiger partial charge is 0.278 e. The van der Waals surface area contributed by atoms with Crippen LogP contribution in [0, 0.1) is 10.1 Å². The van der Waals surface area contributed by atoms with Crippen LogP contribution < -0.4 is 14.8 Å². The number of nitro benzene ring substituents is 1. The van der Waals surface area contributed by atoms with Gasteiger partial charge in [-0.2, -0.15) is 0 Å². The molecule has 0 atom stereocenters. The lowest BCUT2D eigenvalue weighted by atomic mass is 10.0. The predicted octanol–water partition coefficient (Wildman–Crippen LogP) is 2.45. The minimum atomic E-state index is -0.534. The Morgan fingerprint density at radius 2 is 1.65 bits per heavy atom. The number of nitrogens with one attached hydrogen (secondary N) is 1. The summed E-state index contributed by atoms with van der Waals surface area (Å²) in [7, 11) is 4.46. The van der Waals surface area contributed by atoms with Crippen LogP contribution in [0.15, 0.2) is 48.2 Å². The van der Waals surface area contributed by atoms with Crippen LogP contribution in [0.4, 0.5) is 11.4 Å². The molecule has 0 bridgehead atoms. The van der Waals surface area contributed by atoms with E-state index < -0.39 is 16.7 Å². The molecule has 0 saturated carbocycles. The Morgan fingerprint density at radius 1 is 0.968 bits per heavy atom. The average molecular weight is 427 g/mol. The first-order chi connectivity index (χ1) is 14.9. The number of non-ortho nitro benzene ring substituents is 1. The second kappa shape index (κ2) is 9.26. The standard InChI is InChI=1S/C21H21N3O7/c1-29-11-10-23-20(25)18(13-4-7-15(8-5-13)24(27)28)19(21(23)26)22-14-6-9-16(30-2)17(12-14)31-3/h4-9,12,22H,10-11H2,1-3H3. The molecule has 0 aromatic heterocycles. The molecule has 0 fully saturated rings. The average Bonchev–Trinajstić information content (AvgIpc) is 3.01. The largest absolute Gasteiger partial charge is 0.493 e. The van der Waals surface area contributed by atoms with Crippen molar-refractivity contribution in [2.75, 3.05) is 39.8 Å². The summed E-state index contributed by atoms with van der Waals surface area (Å²) in [6.45, 7) is 0.246. The van der Waals surface area contributed by atoms with Gasteiger partial charge in [-0.15, -0.1) is 0 Å². The van der Waals surface area contributed by atoms with Crippen molar-refractivity contribution in [3.63, 3.8) is 0 Å². The maximum Gasteiger partial charge on any atom is 0.278 e. The number of hydrogen-bond donors (Lipinski definition) is 1. The molecule has 1 aliphatic heterocycles. The molecule has 1 aliphatic rings. The number of carbonyl (C=O) groups excluding carboxylic acids is 2. The van der Waals surface area contributed by atoms with Crippen molar-refractivity contribution >= 4 is 28.8 Å². The Labute approximate surface area is 178 Å². The zero-order valence-electron chi connectivity index (χ0n) is 17.2. The summed E-state index contributed by atoms with van der Waals surface area (Å²) in [5, 5.41) is 14.0. The molecule has 2 aromatic rings. The van der Waals surface area contributed by atoms with E-state index in [1.165, 1.54) is 45.6 Å². The third-order valence-electron chi connectivity index (χ3n) is 4.71. The number of hydrogen-bond acceptors (Lipinski definition) is 8. The summed E-state index contributed by atoms with van der Waals surface area (Å²) < 4.78 is 15.5. The van der Waals surface area contributed by atoms with Gasteiger partial charge >= 0.3 is 0 Å². The van der Waals surface area contributed by atoms with E-state index >= 15 is 0 Å². The molecular weight excluding hydrogens is 406 g/mol. The van der Waals surface area contributed by atoms with E-state index in [1.807, 2.05) is 0 Å². The minimum Gasteiger partial charge on any atom is -0.493 e. The second-order valence-corrected chi connectivity index (χ2v) is 6.50. The Hall–Kier alpha value is -3.92. The van der Waals surface area contributed by atoms with Gasteiger partial charge in [0.15, 0.2) is 11.5 Å². The van der Waals surface area contributed by atoms with E-state index in [0.717, 1.165) is 4.90 Å². The van der Waals surface area contributed by atoms with Crippen LogP contribution in [0.3, 0.4) is 0 Å². The van der Waals surface area contributed by atoms with Crippen LogP contribution in [0.2, 0.25) is 0 Å². The summed E-state index contributed by atoms with van der Waals surface area (Å²) in [5.74, 6) is -0.0877. The number of nitrogens with zero attached hydrogens (tertiary/aromatic N) is 2. The molecule has 10 nitrogen and oxygen atoms in total. The van der Waals surface area contributed by atoms with Gasteiger partial charge in [0.2, 0.25) is 0 Å². The number of ether oxygens (including phenoxy) is 3. The highest BCUT2D eigenvalue weighted by Crippen LogP contribution is 2.34. The number of imide groups is 1. The lowest BCUT2D eigenvalue weighted by Crippen LogP contribution is -2.35. The summed E-state index contributed by atoms with van der Waals surface area (Å²) >= 11 is 0. The molecule has 1 N–H and O–H groups in total. The number of nitro groups is 1. The van der Waals surface area contributed by atoms with E-state index in [1.54, 1.807) is 18.2 Å². The zero-order valence-corrected chi connectivity index (χ0v) is 17.2. The molecule has 10 heteroatoms. The third kappa shape index (κ3) is 4.33. The van der Waals surface area contributed by atoms with Crippen LogP contribution in [0.1, 0.15) is 5.56 Å². The van der Waals surface area contributed by atoms with E-state index in [2.05, 4.69) is 5.32 Å². The Bertz CT molecular complexity index is 1050. The number of benzene rings is 2. The molecule has 0 spiro atoms. The van der Waals surface area contributed by atoms with Gasteiger partial charge in [0.1, 0.15) is 5.70 Å². The molecular formula is C21H21N3O7. The normalized spacial score (nSPS) is 13.6. The number of methoxy groups -OCH3 is 3. The molecule has 1 heterocycles. The van der Waals surface area contributed by atoms with Crippen molar-refractivity contribution in [1.82, 2.24) is 4.90 Å². The fourth-order valence-electron chi connectivity index (χ4n) is 3.15. The van der Waals surface area contributed by atoms with Gasteiger partial charge in [-0.1, -0.05) is 0 Å². The van der Waals surface area contributed by atoms with E-state index in [0.29, 0.717) is 22.7 Å². The van der Waals surface area contributed by atoms with Crippen LogP contribution in [-0.4, -0.2) is 56.1 Å². The summed E-state index contributed by atoms with van der Waals surface area (Å²) in [6.07, 6.45) is 0. The van der Waals surface area contributed by atoms with Crippen molar-refractivity contribution in [2.24, 2.45) is 0 Å². The maximum atomic E-state index is 13.0. The number of anilines is 1. The van der Waals surface area contributed by atoms with Gasteiger partial charge in [0, 0.05) is 31.0 Å². The van der Waals surface area contributed by atoms with Crippen molar-refractivity contribution < 1.29 is 28.7 Å². The highest BCUT2D eigenvalue weighted by atomic mass is 16.6. The SMILES string of the molecule is COCCN1C(=O)C(Nc2ccc(OC)c(OC)c2)=C(c2ccc([N+](=O)[O-])cc2)C1=O. The lowest BCUT2D eigenvalue weighted by molar-refractivity contribution is -0.384. The number of carbonyl (C=O) groups is 2. The highest BCUT2D eigenvalue weighted by Gasteiger charge is 2.39. The number of amides is 2. The second-order valence-electron chi connectivity index (χ2n) is 6.50. The van der Waals surface area contributed by atoms with Crippen molar-refractivity contribution in [2.45, 2.75) is 0 Å². The molecule has 2 amide bonds. The predicted molar refractivity (Wildman–Crippen MR) is 112 cm³/mol. The van der Waals surface area contributed by atoms with Crippen LogP contribution in [0.25, 0.3) is 5.57 Å². The Morgan fingerprint density at radius 3 is 2.23 bits per heavy atom. The molecule has 2 aromatic carbocycles. The van der Waals surface area contributed by atoms with Gasteiger partial charge in [-0.05, 0) is 29.8 Å². The minimum absolute atomic E-state index is 0.0576. The van der Waals surface area contributed by atoms with Gasteiger partial charge < -0.3 is 19.5 Å². The van der Waals surface area contributed by atoms with Gasteiger partial charge in [-0.3, -0.25) is 24.6 Å². The summed E-state index contributed by atoms with van der Waals surface area (Å²) in [4.78, 5) is 37.6. The first-order valence-corrected chi connectivity index (χ1v) is 9.24. The monoisotopic (exact) mass is 427 g/mol. The van der Waals surface area contributed by atoms with E-state index in [4.69, 9.17) is 14.2 Å². The van der Waals surface area contributed by atoms with Crippen LogP contribution in [-0.2, 0) is 14.3 Å². The van der Waals surface area contributed by atoms with Crippen molar-refractivity contribution in [1.29, 1.82) is 0 Å². The molecule has 0 saturated heterocycles.